The summed E-state index contributed by atoms with van der Waals surface area (Å²) >= 11 is 0. The molecule has 0 amide bonds. The molecule has 1 heterocycles. The quantitative estimate of drug-likeness (QED) is 0.558. The van der Waals surface area contributed by atoms with Crippen molar-refractivity contribution < 1.29 is 24.9 Å². The molecule has 94 valence electrons. The molecule has 1 saturated heterocycles. The lowest BCUT2D eigenvalue weighted by atomic mass is 10.1. The van der Waals surface area contributed by atoms with E-state index in [1.807, 2.05) is 11.8 Å². The van der Waals surface area contributed by atoms with Crippen molar-refractivity contribution in [3.8, 4) is 0 Å². The Labute approximate surface area is 94.4 Å². The van der Waals surface area contributed by atoms with Gasteiger partial charge >= 0.3 is 5.97 Å². The fourth-order valence-corrected chi connectivity index (χ4v) is 1.78. The molecule has 0 aromatic heterocycles. The number of carboxylic acids is 1. The van der Waals surface area contributed by atoms with Gasteiger partial charge in [-0.25, -0.2) is 0 Å². The Morgan fingerprint density at radius 1 is 1.62 bits per heavy atom. The van der Waals surface area contributed by atoms with Crippen LogP contribution in [-0.2, 0) is 9.53 Å². The fraction of sp³-hybridized carbons (Fsp3) is 0.900. The number of hydrogen-bond acceptors (Lipinski definition) is 5. The SMILES string of the molecule is CC1COC(CO)CN1CC(O)CC(=O)O. The van der Waals surface area contributed by atoms with Crippen molar-refractivity contribution in [3.05, 3.63) is 0 Å². The molecule has 6 nitrogen and oxygen atoms in total. The van der Waals surface area contributed by atoms with E-state index in [4.69, 9.17) is 14.9 Å². The second kappa shape index (κ2) is 6.15. The van der Waals surface area contributed by atoms with Gasteiger partial charge in [-0.2, -0.15) is 0 Å². The second-order valence-electron chi connectivity index (χ2n) is 4.19. The van der Waals surface area contributed by atoms with Crippen LogP contribution >= 0.6 is 0 Å². The van der Waals surface area contributed by atoms with Gasteiger partial charge in [0, 0.05) is 19.1 Å². The Bertz CT molecular complexity index is 235. The molecular weight excluding hydrogens is 214 g/mol. The molecule has 16 heavy (non-hydrogen) atoms. The predicted molar refractivity (Wildman–Crippen MR) is 56.1 cm³/mol. The Balaban J connectivity index is 2.41. The summed E-state index contributed by atoms with van der Waals surface area (Å²) in [6, 6.07) is 0.131. The van der Waals surface area contributed by atoms with Crippen LogP contribution in [0.2, 0.25) is 0 Å². The first-order valence-electron chi connectivity index (χ1n) is 5.39. The Hall–Kier alpha value is -0.690. The first-order valence-corrected chi connectivity index (χ1v) is 5.39. The second-order valence-corrected chi connectivity index (χ2v) is 4.19. The maximum atomic E-state index is 10.4. The molecule has 0 saturated carbocycles. The van der Waals surface area contributed by atoms with E-state index in [1.165, 1.54) is 0 Å². The number of aliphatic carboxylic acids is 1. The number of carboxylic acid groups (broad SMARTS) is 1. The van der Waals surface area contributed by atoms with Crippen molar-refractivity contribution in [2.75, 3.05) is 26.3 Å². The van der Waals surface area contributed by atoms with Gasteiger partial charge in [0.1, 0.15) is 0 Å². The van der Waals surface area contributed by atoms with Gasteiger partial charge < -0.3 is 20.1 Å². The summed E-state index contributed by atoms with van der Waals surface area (Å²) < 4.78 is 5.34. The summed E-state index contributed by atoms with van der Waals surface area (Å²) in [5.74, 6) is -1.01. The van der Waals surface area contributed by atoms with Gasteiger partial charge in [-0.3, -0.25) is 9.69 Å². The molecule has 3 atom stereocenters. The third kappa shape index (κ3) is 4.05. The molecule has 1 fully saturated rings. The first-order chi connectivity index (χ1) is 7.52. The van der Waals surface area contributed by atoms with E-state index in [0.717, 1.165) is 0 Å². The first kappa shape index (κ1) is 13.4. The summed E-state index contributed by atoms with van der Waals surface area (Å²) in [7, 11) is 0. The normalized spacial score (nSPS) is 28.9. The van der Waals surface area contributed by atoms with Crippen molar-refractivity contribution in [1.29, 1.82) is 0 Å². The third-order valence-corrected chi connectivity index (χ3v) is 2.69. The minimum Gasteiger partial charge on any atom is -0.481 e. The topological polar surface area (TPSA) is 90.2 Å². The fourth-order valence-electron chi connectivity index (χ4n) is 1.78. The van der Waals surface area contributed by atoms with Crippen LogP contribution in [0.15, 0.2) is 0 Å². The molecule has 1 aliphatic rings. The molecule has 0 bridgehead atoms. The Kier molecular flexibility index (Phi) is 5.14. The lowest BCUT2D eigenvalue weighted by Gasteiger charge is -2.38. The van der Waals surface area contributed by atoms with Crippen LogP contribution < -0.4 is 0 Å². The van der Waals surface area contributed by atoms with Crippen LogP contribution in [0.5, 0.6) is 0 Å². The van der Waals surface area contributed by atoms with E-state index in [1.54, 1.807) is 0 Å². The van der Waals surface area contributed by atoms with E-state index in [2.05, 4.69) is 0 Å². The van der Waals surface area contributed by atoms with Gasteiger partial charge in [0.2, 0.25) is 0 Å². The number of morpholine rings is 1. The molecule has 3 unspecified atom stereocenters. The van der Waals surface area contributed by atoms with Crippen molar-refractivity contribution in [1.82, 2.24) is 4.90 Å². The van der Waals surface area contributed by atoms with Gasteiger partial charge in [-0.15, -0.1) is 0 Å². The standard InChI is InChI=1S/C10H19NO5/c1-7-6-16-9(5-12)4-11(7)3-8(13)2-10(14)15/h7-9,12-13H,2-6H2,1H3,(H,14,15). The molecule has 0 radical (unpaired) electrons. The van der Waals surface area contributed by atoms with Crippen LogP contribution in [0.3, 0.4) is 0 Å². The van der Waals surface area contributed by atoms with Crippen LogP contribution in [0.1, 0.15) is 13.3 Å². The minimum atomic E-state index is -1.01. The van der Waals surface area contributed by atoms with Crippen LogP contribution in [0.25, 0.3) is 0 Å². The Morgan fingerprint density at radius 3 is 2.88 bits per heavy atom. The third-order valence-electron chi connectivity index (χ3n) is 2.69. The summed E-state index contributed by atoms with van der Waals surface area (Å²) in [4.78, 5) is 12.4. The molecular formula is C10H19NO5. The van der Waals surface area contributed by atoms with E-state index >= 15 is 0 Å². The van der Waals surface area contributed by atoms with E-state index in [-0.39, 0.29) is 25.2 Å². The number of rotatable bonds is 5. The summed E-state index contributed by atoms with van der Waals surface area (Å²) in [5, 5.41) is 27.0. The van der Waals surface area contributed by atoms with Gasteiger partial charge in [-0.05, 0) is 6.92 Å². The maximum Gasteiger partial charge on any atom is 0.306 e. The number of nitrogens with zero attached hydrogens (tertiary/aromatic N) is 1. The molecule has 1 aliphatic heterocycles. The number of β-amino-alcohol motifs (C(OH)–C–C–N with tert-alkyl or cyclic N) is 1. The molecule has 6 heteroatoms. The highest BCUT2D eigenvalue weighted by molar-refractivity contribution is 5.67. The van der Waals surface area contributed by atoms with Crippen LogP contribution in [-0.4, -0.2) is 70.7 Å². The molecule has 0 aromatic rings. The maximum absolute atomic E-state index is 10.4. The molecule has 3 N–H and O–H groups in total. The van der Waals surface area contributed by atoms with E-state index in [9.17, 15) is 9.90 Å². The monoisotopic (exact) mass is 233 g/mol. The zero-order valence-corrected chi connectivity index (χ0v) is 9.37. The zero-order valence-electron chi connectivity index (χ0n) is 9.37. The highest BCUT2D eigenvalue weighted by Crippen LogP contribution is 2.12. The van der Waals surface area contributed by atoms with Gasteiger partial charge in [-0.1, -0.05) is 0 Å². The van der Waals surface area contributed by atoms with Crippen LogP contribution in [0.4, 0.5) is 0 Å². The van der Waals surface area contributed by atoms with E-state index < -0.39 is 12.1 Å². The summed E-state index contributed by atoms with van der Waals surface area (Å²) in [6.45, 7) is 3.20. The molecule has 0 aromatic carbocycles. The highest BCUT2D eigenvalue weighted by atomic mass is 16.5. The van der Waals surface area contributed by atoms with E-state index in [0.29, 0.717) is 19.7 Å². The predicted octanol–water partition coefficient (Wildman–Crippen LogP) is -1.10. The summed E-state index contributed by atoms with van der Waals surface area (Å²) in [5.41, 5.74) is 0. The van der Waals surface area contributed by atoms with Gasteiger partial charge in [0.15, 0.2) is 0 Å². The van der Waals surface area contributed by atoms with Crippen LogP contribution in [0, 0.1) is 0 Å². The number of aliphatic hydroxyl groups is 2. The molecule has 1 rings (SSSR count). The van der Waals surface area contributed by atoms with Crippen molar-refractivity contribution in [3.63, 3.8) is 0 Å². The number of hydrogen-bond donors (Lipinski definition) is 3. The lowest BCUT2D eigenvalue weighted by Crippen LogP contribution is -2.51. The summed E-state index contributed by atoms with van der Waals surface area (Å²) in [6.07, 6.45) is -1.38. The van der Waals surface area contributed by atoms with Crippen molar-refractivity contribution in [2.24, 2.45) is 0 Å². The zero-order chi connectivity index (χ0) is 12.1. The number of ether oxygens (including phenoxy) is 1. The highest BCUT2D eigenvalue weighted by Gasteiger charge is 2.27. The van der Waals surface area contributed by atoms with Gasteiger partial charge in [0.25, 0.3) is 0 Å². The minimum absolute atomic E-state index is 0.0573. The number of carbonyl (C=O) groups is 1. The largest absolute Gasteiger partial charge is 0.481 e. The average Bonchev–Trinajstić information content (AvgIpc) is 2.20. The van der Waals surface area contributed by atoms with Crippen molar-refractivity contribution in [2.45, 2.75) is 31.6 Å². The van der Waals surface area contributed by atoms with Gasteiger partial charge in [0.05, 0.1) is 31.8 Å². The van der Waals surface area contributed by atoms with Crippen molar-refractivity contribution >= 4 is 5.97 Å². The molecule has 0 spiro atoms. The lowest BCUT2D eigenvalue weighted by molar-refractivity contribution is -0.140. The average molecular weight is 233 g/mol. The Morgan fingerprint density at radius 2 is 2.31 bits per heavy atom. The smallest absolute Gasteiger partial charge is 0.306 e. The number of aliphatic hydroxyl groups excluding tert-OH is 2. The molecule has 0 aliphatic carbocycles.